The number of rotatable bonds is 8. The molecule has 5 heteroatoms. The van der Waals surface area contributed by atoms with Crippen LogP contribution in [0.3, 0.4) is 0 Å². The summed E-state index contributed by atoms with van der Waals surface area (Å²) in [5.41, 5.74) is 2.87. The molecule has 1 aromatic heterocycles. The molecular weight excluding hydrogens is 314 g/mol. The monoisotopic (exact) mass is 339 g/mol. The van der Waals surface area contributed by atoms with Gasteiger partial charge < -0.3 is 10.6 Å². The number of carbonyl (C=O) groups is 2. The Bertz CT molecular complexity index is 701. The molecular formula is C20H25N3O2. The first kappa shape index (κ1) is 18.6. The van der Waals surface area contributed by atoms with Gasteiger partial charge in [0.15, 0.2) is 0 Å². The lowest BCUT2D eigenvalue weighted by Crippen LogP contribution is -2.34. The predicted octanol–water partition coefficient (Wildman–Crippen LogP) is 3.11. The third-order valence-corrected chi connectivity index (χ3v) is 3.85. The summed E-state index contributed by atoms with van der Waals surface area (Å²) < 4.78 is 0. The molecule has 2 N–H and O–H groups in total. The van der Waals surface area contributed by atoms with Crippen LogP contribution < -0.4 is 10.6 Å². The van der Waals surface area contributed by atoms with Gasteiger partial charge in [-0.15, -0.1) is 0 Å². The summed E-state index contributed by atoms with van der Waals surface area (Å²) in [6.45, 7) is 4.00. The Kier molecular flexibility index (Phi) is 7.14. The number of aromatic nitrogens is 1. The highest BCUT2D eigenvalue weighted by Crippen LogP contribution is 2.11. The normalized spacial score (nSPS) is 11.6. The number of nitrogens with zero attached hydrogens (tertiary/aromatic N) is 1. The van der Waals surface area contributed by atoms with Crippen LogP contribution in [0.4, 0.5) is 5.69 Å². The number of aryl methyl sites for hydroxylation is 1. The average Bonchev–Trinajstić information content (AvgIpc) is 2.61. The van der Waals surface area contributed by atoms with Crippen LogP contribution in [0.2, 0.25) is 0 Å². The van der Waals surface area contributed by atoms with Crippen molar-refractivity contribution in [3.8, 4) is 0 Å². The molecule has 2 rings (SSSR count). The molecule has 0 bridgehead atoms. The molecule has 1 heterocycles. The zero-order chi connectivity index (χ0) is 18.1. The van der Waals surface area contributed by atoms with Crippen molar-refractivity contribution in [1.29, 1.82) is 0 Å². The van der Waals surface area contributed by atoms with E-state index >= 15 is 0 Å². The minimum atomic E-state index is -0.152. The van der Waals surface area contributed by atoms with Gasteiger partial charge >= 0.3 is 0 Å². The SMILES string of the molecule is CCc1cccc(NC(=O)CCC(=O)NC(C)Cc2ccccn2)c1. The van der Waals surface area contributed by atoms with Crippen LogP contribution in [0.15, 0.2) is 48.7 Å². The van der Waals surface area contributed by atoms with Crippen LogP contribution in [-0.4, -0.2) is 22.8 Å². The molecule has 0 radical (unpaired) electrons. The second-order valence-corrected chi connectivity index (χ2v) is 6.10. The topological polar surface area (TPSA) is 71.1 Å². The lowest BCUT2D eigenvalue weighted by atomic mass is 10.1. The summed E-state index contributed by atoms with van der Waals surface area (Å²) in [5.74, 6) is -0.276. The van der Waals surface area contributed by atoms with E-state index in [2.05, 4.69) is 22.5 Å². The highest BCUT2D eigenvalue weighted by molar-refractivity contribution is 5.93. The molecule has 0 saturated carbocycles. The van der Waals surface area contributed by atoms with E-state index in [1.165, 1.54) is 5.56 Å². The second kappa shape index (κ2) is 9.57. The first-order valence-corrected chi connectivity index (χ1v) is 8.65. The minimum Gasteiger partial charge on any atom is -0.353 e. The van der Waals surface area contributed by atoms with Gasteiger partial charge in [-0.25, -0.2) is 0 Å². The number of hydrogen-bond donors (Lipinski definition) is 2. The maximum atomic E-state index is 12.0. The van der Waals surface area contributed by atoms with Crippen molar-refractivity contribution < 1.29 is 9.59 Å². The first-order valence-electron chi connectivity index (χ1n) is 8.65. The van der Waals surface area contributed by atoms with Crippen molar-refractivity contribution in [1.82, 2.24) is 10.3 Å². The molecule has 0 aliphatic carbocycles. The summed E-state index contributed by atoms with van der Waals surface area (Å²) in [4.78, 5) is 28.2. The smallest absolute Gasteiger partial charge is 0.224 e. The Morgan fingerprint density at radius 2 is 1.88 bits per heavy atom. The number of carbonyl (C=O) groups excluding carboxylic acids is 2. The van der Waals surface area contributed by atoms with Crippen molar-refractivity contribution in [2.75, 3.05) is 5.32 Å². The Morgan fingerprint density at radius 3 is 2.60 bits per heavy atom. The molecule has 0 spiro atoms. The Hall–Kier alpha value is -2.69. The molecule has 0 aliphatic heterocycles. The van der Waals surface area contributed by atoms with Crippen molar-refractivity contribution in [3.63, 3.8) is 0 Å². The van der Waals surface area contributed by atoms with E-state index in [-0.39, 0.29) is 30.7 Å². The molecule has 1 aromatic carbocycles. The summed E-state index contributed by atoms with van der Waals surface area (Å²) in [6.07, 6.45) is 3.66. The van der Waals surface area contributed by atoms with Crippen LogP contribution in [0.1, 0.15) is 37.9 Å². The molecule has 0 fully saturated rings. The lowest BCUT2D eigenvalue weighted by molar-refractivity contribution is -0.124. The molecule has 1 atom stereocenters. The van der Waals surface area contributed by atoms with Gasteiger partial charge in [-0.2, -0.15) is 0 Å². The Labute approximate surface area is 148 Å². The van der Waals surface area contributed by atoms with Crippen molar-refractivity contribution >= 4 is 17.5 Å². The van der Waals surface area contributed by atoms with Crippen molar-refractivity contribution in [3.05, 3.63) is 59.9 Å². The molecule has 1 unspecified atom stereocenters. The maximum absolute atomic E-state index is 12.0. The van der Waals surface area contributed by atoms with Crippen LogP contribution in [-0.2, 0) is 22.4 Å². The maximum Gasteiger partial charge on any atom is 0.224 e. The number of nitrogens with one attached hydrogen (secondary N) is 2. The van der Waals surface area contributed by atoms with Crippen molar-refractivity contribution in [2.45, 2.75) is 45.6 Å². The summed E-state index contributed by atoms with van der Waals surface area (Å²) in [7, 11) is 0. The first-order chi connectivity index (χ1) is 12.1. The zero-order valence-corrected chi connectivity index (χ0v) is 14.8. The number of benzene rings is 1. The van der Waals surface area contributed by atoms with Crippen molar-refractivity contribution in [2.24, 2.45) is 0 Å². The third-order valence-electron chi connectivity index (χ3n) is 3.85. The lowest BCUT2D eigenvalue weighted by Gasteiger charge is -2.13. The Morgan fingerprint density at radius 1 is 1.08 bits per heavy atom. The Balaban J connectivity index is 1.72. The molecule has 5 nitrogen and oxygen atoms in total. The highest BCUT2D eigenvalue weighted by Gasteiger charge is 2.11. The van der Waals surface area contributed by atoms with E-state index in [0.717, 1.165) is 17.8 Å². The third kappa shape index (κ3) is 6.75. The van der Waals surface area contributed by atoms with Gasteiger partial charge in [0.25, 0.3) is 0 Å². The number of amides is 2. The van der Waals surface area contributed by atoms with Gasteiger partial charge in [-0.05, 0) is 43.2 Å². The van der Waals surface area contributed by atoms with Gasteiger partial charge in [0.1, 0.15) is 0 Å². The van der Waals surface area contributed by atoms with Crippen LogP contribution in [0.25, 0.3) is 0 Å². The molecule has 2 amide bonds. The van der Waals surface area contributed by atoms with Crippen LogP contribution in [0, 0.1) is 0 Å². The summed E-state index contributed by atoms with van der Waals surface area (Å²) in [5, 5.41) is 5.74. The van der Waals surface area contributed by atoms with E-state index in [9.17, 15) is 9.59 Å². The quantitative estimate of drug-likeness (QED) is 0.776. The molecule has 0 aliphatic rings. The molecule has 2 aromatic rings. The molecule has 0 saturated heterocycles. The fraction of sp³-hybridized carbons (Fsp3) is 0.350. The largest absolute Gasteiger partial charge is 0.353 e. The van der Waals surface area contributed by atoms with E-state index in [0.29, 0.717) is 6.42 Å². The summed E-state index contributed by atoms with van der Waals surface area (Å²) in [6, 6.07) is 13.4. The van der Waals surface area contributed by atoms with Gasteiger partial charge in [0, 0.05) is 42.9 Å². The van der Waals surface area contributed by atoms with Crippen LogP contribution in [0.5, 0.6) is 0 Å². The van der Waals surface area contributed by atoms with Gasteiger partial charge in [0.05, 0.1) is 0 Å². The van der Waals surface area contributed by atoms with Gasteiger partial charge in [-0.1, -0.05) is 25.1 Å². The minimum absolute atomic E-state index is 0.0216. The highest BCUT2D eigenvalue weighted by atomic mass is 16.2. The van der Waals surface area contributed by atoms with Crippen LogP contribution >= 0.6 is 0 Å². The standard InChI is InChI=1S/C20H25N3O2/c1-3-16-7-6-9-18(14-16)23-20(25)11-10-19(24)22-15(2)13-17-8-4-5-12-21-17/h4-9,12,14-15H,3,10-11,13H2,1-2H3,(H,22,24)(H,23,25). The number of anilines is 1. The van der Waals surface area contributed by atoms with Gasteiger partial charge in [-0.3, -0.25) is 14.6 Å². The van der Waals surface area contributed by atoms with E-state index < -0.39 is 0 Å². The molecule has 132 valence electrons. The zero-order valence-electron chi connectivity index (χ0n) is 14.8. The van der Waals surface area contributed by atoms with E-state index in [4.69, 9.17) is 0 Å². The van der Waals surface area contributed by atoms with E-state index in [1.54, 1.807) is 6.20 Å². The molecule has 25 heavy (non-hydrogen) atoms. The average molecular weight is 339 g/mol. The fourth-order valence-corrected chi connectivity index (χ4v) is 2.55. The number of hydrogen-bond acceptors (Lipinski definition) is 3. The second-order valence-electron chi connectivity index (χ2n) is 6.10. The predicted molar refractivity (Wildman–Crippen MR) is 99.2 cm³/mol. The van der Waals surface area contributed by atoms with Gasteiger partial charge in [0.2, 0.25) is 11.8 Å². The summed E-state index contributed by atoms with van der Waals surface area (Å²) >= 11 is 0. The fourth-order valence-electron chi connectivity index (χ4n) is 2.55. The van der Waals surface area contributed by atoms with E-state index in [1.807, 2.05) is 49.4 Å². The number of pyridine rings is 1.